The molecule has 0 aliphatic heterocycles. The standard InChI is InChI=1S/C17H13N3O/c1-13-2-6-15(7-3-13)16-8-4-14(5-9-16)12-21-20-17(10-18)11-19/h2-9H,12H2,1H3. The van der Waals surface area contributed by atoms with Crippen molar-refractivity contribution < 1.29 is 4.84 Å². The molecule has 0 aromatic heterocycles. The van der Waals surface area contributed by atoms with E-state index in [1.807, 2.05) is 24.3 Å². The van der Waals surface area contributed by atoms with Crippen LogP contribution < -0.4 is 0 Å². The van der Waals surface area contributed by atoms with Crippen molar-refractivity contribution in [2.75, 3.05) is 0 Å². The van der Waals surface area contributed by atoms with Gasteiger partial charge in [0.1, 0.15) is 18.7 Å². The van der Waals surface area contributed by atoms with E-state index >= 15 is 0 Å². The summed E-state index contributed by atoms with van der Waals surface area (Å²) in [6.45, 7) is 2.28. The van der Waals surface area contributed by atoms with Crippen molar-refractivity contribution in [2.24, 2.45) is 5.16 Å². The quantitative estimate of drug-likeness (QED) is 0.632. The molecule has 0 unspecified atom stereocenters. The lowest BCUT2D eigenvalue weighted by molar-refractivity contribution is 0.131. The fourth-order valence-electron chi connectivity index (χ4n) is 1.78. The second-order valence-corrected chi connectivity index (χ2v) is 4.50. The van der Waals surface area contributed by atoms with Crippen molar-refractivity contribution in [1.82, 2.24) is 0 Å². The molecule has 0 amide bonds. The van der Waals surface area contributed by atoms with Crippen LogP contribution in [-0.4, -0.2) is 5.71 Å². The van der Waals surface area contributed by atoms with Crippen molar-refractivity contribution in [1.29, 1.82) is 10.5 Å². The maximum atomic E-state index is 8.52. The van der Waals surface area contributed by atoms with E-state index in [1.165, 1.54) is 5.56 Å². The van der Waals surface area contributed by atoms with Crippen LogP contribution in [-0.2, 0) is 11.4 Å². The minimum atomic E-state index is -0.286. The Kier molecular flexibility index (Phi) is 4.69. The van der Waals surface area contributed by atoms with Gasteiger partial charge in [-0.15, -0.1) is 0 Å². The topological polar surface area (TPSA) is 69.2 Å². The number of rotatable bonds is 4. The van der Waals surface area contributed by atoms with E-state index in [1.54, 1.807) is 12.1 Å². The van der Waals surface area contributed by atoms with Crippen LogP contribution in [0.5, 0.6) is 0 Å². The summed E-state index contributed by atoms with van der Waals surface area (Å²) in [4.78, 5) is 4.97. The van der Waals surface area contributed by atoms with E-state index in [9.17, 15) is 0 Å². The van der Waals surface area contributed by atoms with Crippen molar-refractivity contribution >= 4 is 5.71 Å². The summed E-state index contributed by atoms with van der Waals surface area (Å²) >= 11 is 0. The SMILES string of the molecule is Cc1ccc(-c2ccc(CON=C(C#N)C#N)cc2)cc1. The molecule has 4 nitrogen and oxygen atoms in total. The van der Waals surface area contributed by atoms with Gasteiger partial charge in [0.05, 0.1) is 0 Å². The van der Waals surface area contributed by atoms with Crippen LogP contribution in [0.1, 0.15) is 11.1 Å². The van der Waals surface area contributed by atoms with E-state index in [0.29, 0.717) is 0 Å². The summed E-state index contributed by atoms with van der Waals surface area (Å²) in [7, 11) is 0. The van der Waals surface area contributed by atoms with Crippen LogP contribution in [0.4, 0.5) is 0 Å². The second kappa shape index (κ2) is 6.88. The number of nitrogens with zero attached hydrogens (tertiary/aromatic N) is 3. The van der Waals surface area contributed by atoms with Crippen LogP contribution >= 0.6 is 0 Å². The van der Waals surface area contributed by atoms with Gasteiger partial charge in [0, 0.05) is 0 Å². The van der Waals surface area contributed by atoms with Crippen LogP contribution in [0.25, 0.3) is 11.1 Å². The molecule has 2 aromatic rings. The Bertz CT molecular complexity index is 701. The van der Waals surface area contributed by atoms with Gasteiger partial charge in [-0.25, -0.2) is 0 Å². The fraction of sp³-hybridized carbons (Fsp3) is 0.118. The molecule has 0 aliphatic rings. The van der Waals surface area contributed by atoms with Crippen molar-refractivity contribution in [3.63, 3.8) is 0 Å². The first-order valence-corrected chi connectivity index (χ1v) is 6.39. The van der Waals surface area contributed by atoms with Gasteiger partial charge in [0.25, 0.3) is 5.71 Å². The Morgan fingerprint density at radius 2 is 1.48 bits per heavy atom. The van der Waals surface area contributed by atoms with Crippen molar-refractivity contribution in [3.05, 3.63) is 59.7 Å². The summed E-state index contributed by atoms with van der Waals surface area (Å²) in [5.74, 6) is 0. The molecule has 0 fully saturated rings. The highest BCUT2D eigenvalue weighted by atomic mass is 16.6. The lowest BCUT2D eigenvalue weighted by Crippen LogP contribution is -1.93. The fourth-order valence-corrected chi connectivity index (χ4v) is 1.78. The van der Waals surface area contributed by atoms with Crippen molar-refractivity contribution in [2.45, 2.75) is 13.5 Å². The zero-order valence-corrected chi connectivity index (χ0v) is 11.6. The monoisotopic (exact) mass is 275 g/mol. The first kappa shape index (κ1) is 14.3. The van der Waals surface area contributed by atoms with Crippen LogP contribution in [0.15, 0.2) is 53.7 Å². The molecule has 2 aromatic carbocycles. The lowest BCUT2D eigenvalue weighted by Gasteiger charge is -2.04. The van der Waals surface area contributed by atoms with Crippen LogP contribution in [0.2, 0.25) is 0 Å². The third-order valence-corrected chi connectivity index (χ3v) is 2.94. The van der Waals surface area contributed by atoms with E-state index in [2.05, 4.69) is 36.3 Å². The highest BCUT2D eigenvalue weighted by Gasteiger charge is 1.99. The highest BCUT2D eigenvalue weighted by Crippen LogP contribution is 2.20. The largest absolute Gasteiger partial charge is 0.389 e. The summed E-state index contributed by atoms with van der Waals surface area (Å²) in [5, 5.41) is 20.5. The third-order valence-electron chi connectivity index (χ3n) is 2.94. The Labute approximate surface area is 123 Å². The molecule has 102 valence electrons. The van der Waals surface area contributed by atoms with E-state index in [-0.39, 0.29) is 12.3 Å². The Hall–Kier alpha value is -3.11. The number of hydrogen-bond acceptors (Lipinski definition) is 4. The van der Waals surface area contributed by atoms with Gasteiger partial charge >= 0.3 is 0 Å². The molecule has 0 saturated heterocycles. The zero-order valence-electron chi connectivity index (χ0n) is 11.6. The molecule has 0 aliphatic carbocycles. The molecular formula is C17H13N3O. The average Bonchev–Trinajstić information content (AvgIpc) is 2.53. The molecule has 21 heavy (non-hydrogen) atoms. The molecule has 0 bridgehead atoms. The number of aryl methyl sites for hydroxylation is 1. The molecule has 4 heteroatoms. The maximum Gasteiger partial charge on any atom is 0.256 e. The molecule has 0 spiro atoms. The number of hydrogen-bond donors (Lipinski definition) is 0. The molecule has 0 atom stereocenters. The number of benzene rings is 2. The van der Waals surface area contributed by atoms with Crippen LogP contribution in [0, 0.1) is 29.6 Å². The van der Waals surface area contributed by atoms with Gasteiger partial charge in [0.2, 0.25) is 0 Å². The summed E-state index contributed by atoms with van der Waals surface area (Å²) in [6, 6.07) is 19.5. The van der Waals surface area contributed by atoms with E-state index < -0.39 is 0 Å². The van der Waals surface area contributed by atoms with Gasteiger partial charge in [0.15, 0.2) is 0 Å². The van der Waals surface area contributed by atoms with Gasteiger partial charge in [-0.2, -0.15) is 10.5 Å². The number of nitriles is 2. The number of oxime groups is 1. The second-order valence-electron chi connectivity index (χ2n) is 4.50. The van der Waals surface area contributed by atoms with Gasteiger partial charge in [-0.1, -0.05) is 59.3 Å². The summed E-state index contributed by atoms with van der Waals surface area (Å²) in [6.07, 6.45) is 0. The van der Waals surface area contributed by atoms with Crippen molar-refractivity contribution in [3.8, 4) is 23.3 Å². The third kappa shape index (κ3) is 3.92. The molecule has 0 heterocycles. The Morgan fingerprint density at radius 1 is 0.952 bits per heavy atom. The Morgan fingerprint density at radius 3 is 2.00 bits per heavy atom. The predicted octanol–water partition coefficient (Wildman–Crippen LogP) is 3.58. The lowest BCUT2D eigenvalue weighted by atomic mass is 10.0. The predicted molar refractivity (Wildman–Crippen MR) is 80.1 cm³/mol. The van der Waals surface area contributed by atoms with E-state index in [4.69, 9.17) is 15.4 Å². The first-order valence-electron chi connectivity index (χ1n) is 6.39. The van der Waals surface area contributed by atoms with Gasteiger partial charge in [-0.05, 0) is 23.6 Å². The summed E-state index contributed by atoms with van der Waals surface area (Å²) in [5.41, 5.74) is 4.14. The molecule has 0 saturated carbocycles. The molecule has 0 radical (unpaired) electrons. The smallest absolute Gasteiger partial charge is 0.256 e. The zero-order chi connectivity index (χ0) is 15.1. The van der Waals surface area contributed by atoms with Gasteiger partial charge in [-0.3, -0.25) is 0 Å². The normalized spacial score (nSPS) is 9.29. The average molecular weight is 275 g/mol. The highest BCUT2D eigenvalue weighted by molar-refractivity contribution is 6.09. The molecular weight excluding hydrogens is 262 g/mol. The van der Waals surface area contributed by atoms with Crippen LogP contribution in [0.3, 0.4) is 0 Å². The molecule has 2 rings (SSSR count). The van der Waals surface area contributed by atoms with E-state index in [0.717, 1.165) is 16.7 Å². The Balaban J connectivity index is 2.03. The molecule has 0 N–H and O–H groups in total. The first-order chi connectivity index (χ1) is 10.2. The minimum absolute atomic E-state index is 0.223. The minimum Gasteiger partial charge on any atom is -0.389 e. The van der Waals surface area contributed by atoms with Gasteiger partial charge < -0.3 is 4.84 Å². The summed E-state index contributed by atoms with van der Waals surface area (Å²) < 4.78 is 0. The maximum absolute atomic E-state index is 8.52.